The maximum absolute atomic E-state index is 13.1. The monoisotopic (exact) mass is 453 g/mol. The molecule has 11 heteroatoms. The number of aromatic nitrogens is 4. The predicted octanol–water partition coefficient (Wildman–Crippen LogP) is 2.43. The number of hydrogen-bond donors (Lipinski definition) is 2. The van der Waals surface area contributed by atoms with Crippen molar-refractivity contribution < 1.29 is 18.7 Å². The van der Waals surface area contributed by atoms with Crippen molar-refractivity contribution in [2.45, 2.75) is 33.0 Å². The number of benzene rings is 1. The number of hydrogen-bond acceptors (Lipinski definition) is 8. The molecule has 0 spiro atoms. The predicted molar refractivity (Wildman–Crippen MR) is 120 cm³/mol. The molecule has 1 atom stereocenters. The zero-order valence-corrected chi connectivity index (χ0v) is 18.5. The largest absolute Gasteiger partial charge is 0.461 e. The lowest BCUT2D eigenvalue weighted by Crippen LogP contribution is -2.45. The first-order valence-corrected chi connectivity index (χ1v) is 10.5. The fraction of sp³-hybridized carbons (Fsp3) is 0.318. The van der Waals surface area contributed by atoms with Gasteiger partial charge in [0, 0.05) is 25.4 Å². The highest BCUT2D eigenvalue weighted by molar-refractivity contribution is 6.08. The number of fused-ring (bicyclic) bond motifs is 1. The molecule has 0 aliphatic carbocycles. The van der Waals surface area contributed by atoms with Gasteiger partial charge < -0.3 is 20.3 Å². The van der Waals surface area contributed by atoms with Gasteiger partial charge in [-0.05, 0) is 31.5 Å². The fourth-order valence-electron chi connectivity index (χ4n) is 3.37. The summed E-state index contributed by atoms with van der Waals surface area (Å²) >= 11 is 0. The smallest absolute Gasteiger partial charge is 0.359 e. The second-order valence-electron chi connectivity index (χ2n) is 7.62. The number of anilines is 3. The van der Waals surface area contributed by atoms with Crippen LogP contribution in [-0.2, 0) is 22.6 Å². The van der Waals surface area contributed by atoms with Crippen LogP contribution in [0.5, 0.6) is 0 Å². The fourth-order valence-corrected chi connectivity index (χ4v) is 3.37. The average molecular weight is 453 g/mol. The number of halogens is 1. The second kappa shape index (κ2) is 9.23. The lowest BCUT2D eigenvalue weighted by atomic mass is 10.1. The minimum Gasteiger partial charge on any atom is -0.461 e. The Kier molecular flexibility index (Phi) is 6.20. The molecule has 3 heterocycles. The van der Waals surface area contributed by atoms with E-state index in [1.54, 1.807) is 48.8 Å². The van der Waals surface area contributed by atoms with Gasteiger partial charge in [-0.2, -0.15) is 10.1 Å². The van der Waals surface area contributed by atoms with E-state index in [0.717, 1.165) is 11.1 Å². The van der Waals surface area contributed by atoms with E-state index in [1.807, 2.05) is 6.20 Å². The molecule has 33 heavy (non-hydrogen) atoms. The maximum Gasteiger partial charge on any atom is 0.359 e. The van der Waals surface area contributed by atoms with Crippen molar-refractivity contribution >= 4 is 29.3 Å². The topological polar surface area (TPSA) is 114 Å². The lowest BCUT2D eigenvalue weighted by molar-refractivity contribution is -0.117. The van der Waals surface area contributed by atoms with Crippen LogP contribution in [0.1, 0.15) is 35.5 Å². The van der Waals surface area contributed by atoms with Gasteiger partial charge in [-0.15, -0.1) is 0 Å². The number of rotatable bonds is 7. The third-order valence-electron chi connectivity index (χ3n) is 5.30. The van der Waals surface area contributed by atoms with Crippen LogP contribution in [0.25, 0.3) is 0 Å². The third-order valence-corrected chi connectivity index (χ3v) is 5.30. The summed E-state index contributed by atoms with van der Waals surface area (Å²) in [5, 5.41) is 10.1. The standard InChI is InChI=1S/C22H24FN7O3/c1-4-33-21(32)18-17-19(29(3)13(2)20(31)26-17)28-22(27-18)24-9-15-10-25-30(12-15)11-14-5-7-16(23)8-6-14/h5-8,10,12-13H,4,9,11H2,1-3H3,(H,26,31)(H,24,27,28)/t13-/m0/s1. The van der Waals surface area contributed by atoms with E-state index in [2.05, 4.69) is 25.7 Å². The summed E-state index contributed by atoms with van der Waals surface area (Å²) in [6.45, 7) is 4.48. The highest BCUT2D eigenvalue weighted by Crippen LogP contribution is 2.33. The Morgan fingerprint density at radius 3 is 2.73 bits per heavy atom. The summed E-state index contributed by atoms with van der Waals surface area (Å²) < 4.78 is 19.9. The normalized spacial score (nSPS) is 15.1. The molecule has 1 aromatic carbocycles. The van der Waals surface area contributed by atoms with Gasteiger partial charge in [0.15, 0.2) is 11.5 Å². The molecular weight excluding hydrogens is 429 g/mol. The first-order chi connectivity index (χ1) is 15.9. The molecular formula is C22H24FN7O3. The Morgan fingerprint density at radius 1 is 1.24 bits per heavy atom. The van der Waals surface area contributed by atoms with Gasteiger partial charge in [0.1, 0.15) is 17.5 Å². The molecule has 1 aliphatic rings. The minimum absolute atomic E-state index is 0.0107. The van der Waals surface area contributed by atoms with Gasteiger partial charge in [0.25, 0.3) is 0 Å². The van der Waals surface area contributed by atoms with Crippen molar-refractivity contribution in [2.75, 3.05) is 29.2 Å². The van der Waals surface area contributed by atoms with Gasteiger partial charge in [-0.1, -0.05) is 12.1 Å². The van der Waals surface area contributed by atoms with Crippen LogP contribution in [-0.4, -0.2) is 51.3 Å². The summed E-state index contributed by atoms with van der Waals surface area (Å²) in [4.78, 5) is 35.2. The van der Waals surface area contributed by atoms with Crippen molar-refractivity contribution in [2.24, 2.45) is 0 Å². The minimum atomic E-state index is -0.644. The Balaban J connectivity index is 1.53. The number of likely N-dealkylation sites (N-methyl/N-ethyl adjacent to an activating group) is 1. The Labute approximate surface area is 189 Å². The SMILES string of the molecule is CCOC(=O)c1nc(NCc2cnn(Cc3ccc(F)cc3)c2)nc2c1NC(=O)[C@H](C)N2C. The van der Waals surface area contributed by atoms with Gasteiger partial charge >= 0.3 is 5.97 Å². The van der Waals surface area contributed by atoms with Crippen molar-refractivity contribution in [3.8, 4) is 0 Å². The first-order valence-electron chi connectivity index (χ1n) is 10.5. The van der Waals surface area contributed by atoms with E-state index in [-0.39, 0.29) is 35.7 Å². The highest BCUT2D eigenvalue weighted by atomic mass is 19.1. The van der Waals surface area contributed by atoms with E-state index >= 15 is 0 Å². The third kappa shape index (κ3) is 4.76. The van der Waals surface area contributed by atoms with Crippen LogP contribution in [0.15, 0.2) is 36.7 Å². The number of nitrogens with zero attached hydrogens (tertiary/aromatic N) is 5. The quantitative estimate of drug-likeness (QED) is 0.525. The molecule has 0 saturated heterocycles. The van der Waals surface area contributed by atoms with Crippen LogP contribution in [0.3, 0.4) is 0 Å². The molecule has 0 radical (unpaired) electrons. The maximum atomic E-state index is 13.1. The van der Waals surface area contributed by atoms with Gasteiger partial charge in [0.05, 0.1) is 19.3 Å². The number of amides is 1. The summed E-state index contributed by atoms with van der Waals surface area (Å²) in [5.74, 6) is -0.535. The Bertz CT molecular complexity index is 1180. The molecule has 172 valence electrons. The van der Waals surface area contributed by atoms with Crippen molar-refractivity contribution in [3.63, 3.8) is 0 Å². The molecule has 1 amide bonds. The molecule has 1 aliphatic heterocycles. The van der Waals surface area contributed by atoms with Crippen LogP contribution < -0.4 is 15.5 Å². The summed E-state index contributed by atoms with van der Waals surface area (Å²) in [6.07, 6.45) is 3.56. The number of carbonyl (C=O) groups excluding carboxylic acids is 2. The number of carbonyl (C=O) groups is 2. The summed E-state index contributed by atoms with van der Waals surface area (Å²) in [7, 11) is 1.73. The molecule has 3 aromatic rings. The first kappa shape index (κ1) is 22.2. The Hall–Kier alpha value is -4.02. The molecule has 0 bridgehead atoms. The summed E-state index contributed by atoms with van der Waals surface area (Å²) in [5.41, 5.74) is 2.02. The Morgan fingerprint density at radius 2 is 2.00 bits per heavy atom. The van der Waals surface area contributed by atoms with Crippen LogP contribution in [0.4, 0.5) is 21.8 Å². The average Bonchev–Trinajstić information content (AvgIpc) is 3.25. The highest BCUT2D eigenvalue weighted by Gasteiger charge is 2.33. The summed E-state index contributed by atoms with van der Waals surface area (Å²) in [6, 6.07) is 5.79. The zero-order chi connectivity index (χ0) is 23.5. The van der Waals surface area contributed by atoms with Crippen molar-refractivity contribution in [1.82, 2.24) is 19.7 Å². The van der Waals surface area contributed by atoms with Gasteiger partial charge in [-0.3, -0.25) is 9.48 Å². The van der Waals surface area contributed by atoms with E-state index in [9.17, 15) is 14.0 Å². The second-order valence-corrected chi connectivity index (χ2v) is 7.62. The van der Waals surface area contributed by atoms with E-state index < -0.39 is 12.0 Å². The van der Waals surface area contributed by atoms with Gasteiger partial charge in [0.2, 0.25) is 11.9 Å². The number of ether oxygens (including phenoxy) is 1. The van der Waals surface area contributed by atoms with Crippen LogP contribution >= 0.6 is 0 Å². The van der Waals surface area contributed by atoms with E-state index in [4.69, 9.17) is 4.74 Å². The van der Waals surface area contributed by atoms with E-state index in [1.165, 1.54) is 12.1 Å². The van der Waals surface area contributed by atoms with Crippen molar-refractivity contribution in [3.05, 3.63) is 59.3 Å². The molecule has 0 saturated carbocycles. The molecule has 2 aromatic heterocycles. The van der Waals surface area contributed by atoms with Crippen molar-refractivity contribution in [1.29, 1.82) is 0 Å². The lowest BCUT2D eigenvalue weighted by Gasteiger charge is -2.32. The van der Waals surface area contributed by atoms with Gasteiger partial charge in [-0.25, -0.2) is 14.2 Å². The van der Waals surface area contributed by atoms with Crippen LogP contribution in [0, 0.1) is 5.82 Å². The molecule has 2 N–H and O–H groups in total. The molecule has 0 unspecified atom stereocenters. The van der Waals surface area contributed by atoms with E-state index in [0.29, 0.717) is 18.9 Å². The molecule has 0 fully saturated rings. The zero-order valence-electron chi connectivity index (χ0n) is 18.5. The molecule has 4 rings (SSSR count). The molecule has 10 nitrogen and oxygen atoms in total. The van der Waals surface area contributed by atoms with Crippen LogP contribution in [0.2, 0.25) is 0 Å². The number of esters is 1. The number of nitrogens with one attached hydrogen (secondary N) is 2.